The standard InChI is InChI=1S/C12H10F3N3O2/c1-16-9-3-2-7(6-8(9)12(13,14)15)11(19)17-10-4-5-20-18-10/h2-6,16H,1H3,(H,17,18,19). The third-order valence-corrected chi connectivity index (χ3v) is 2.54. The number of hydrogen-bond acceptors (Lipinski definition) is 4. The van der Waals surface area contributed by atoms with E-state index in [-0.39, 0.29) is 17.1 Å². The minimum atomic E-state index is -4.55. The van der Waals surface area contributed by atoms with Crippen LogP contribution in [0, 0.1) is 0 Å². The summed E-state index contributed by atoms with van der Waals surface area (Å²) in [5.74, 6) is -0.576. The van der Waals surface area contributed by atoms with Gasteiger partial charge in [0, 0.05) is 24.4 Å². The second-order valence-electron chi connectivity index (χ2n) is 3.85. The number of nitrogens with zero attached hydrogens (tertiary/aromatic N) is 1. The molecule has 0 saturated heterocycles. The highest BCUT2D eigenvalue weighted by Gasteiger charge is 2.34. The molecule has 0 radical (unpaired) electrons. The Hall–Kier alpha value is -2.51. The van der Waals surface area contributed by atoms with Crippen molar-refractivity contribution < 1.29 is 22.5 Å². The van der Waals surface area contributed by atoms with Gasteiger partial charge in [-0.2, -0.15) is 13.2 Å². The summed E-state index contributed by atoms with van der Waals surface area (Å²) in [6.07, 6.45) is -3.32. The molecule has 0 atom stereocenters. The van der Waals surface area contributed by atoms with Crippen molar-refractivity contribution in [3.63, 3.8) is 0 Å². The molecule has 0 bridgehead atoms. The highest BCUT2D eigenvalue weighted by Crippen LogP contribution is 2.35. The molecular formula is C12H10F3N3O2. The largest absolute Gasteiger partial charge is 0.418 e. The van der Waals surface area contributed by atoms with Crippen LogP contribution in [0.2, 0.25) is 0 Å². The Kier molecular flexibility index (Phi) is 3.64. The smallest absolute Gasteiger partial charge is 0.388 e. The molecule has 0 aliphatic rings. The molecule has 0 aliphatic heterocycles. The lowest BCUT2D eigenvalue weighted by Gasteiger charge is -2.13. The number of anilines is 2. The Labute approximate surface area is 111 Å². The van der Waals surface area contributed by atoms with Gasteiger partial charge in [0.1, 0.15) is 6.26 Å². The fourth-order valence-corrected chi connectivity index (χ4v) is 1.60. The summed E-state index contributed by atoms with van der Waals surface area (Å²) in [6.45, 7) is 0. The molecule has 5 nitrogen and oxygen atoms in total. The third kappa shape index (κ3) is 2.90. The van der Waals surface area contributed by atoms with Crippen molar-refractivity contribution in [3.05, 3.63) is 41.7 Å². The Morgan fingerprint density at radius 2 is 2.05 bits per heavy atom. The van der Waals surface area contributed by atoms with Gasteiger partial charge >= 0.3 is 6.18 Å². The second-order valence-corrected chi connectivity index (χ2v) is 3.85. The molecule has 2 aromatic rings. The minimum absolute atomic E-state index is 0.101. The molecule has 1 aromatic carbocycles. The Bertz CT molecular complexity index is 609. The van der Waals surface area contributed by atoms with Crippen LogP contribution in [0.5, 0.6) is 0 Å². The van der Waals surface area contributed by atoms with E-state index in [1.165, 1.54) is 31.5 Å². The molecule has 0 fully saturated rings. The summed E-state index contributed by atoms with van der Waals surface area (Å²) in [4.78, 5) is 11.8. The van der Waals surface area contributed by atoms with Crippen molar-refractivity contribution in [1.29, 1.82) is 0 Å². The van der Waals surface area contributed by atoms with Crippen LogP contribution in [-0.2, 0) is 6.18 Å². The molecule has 0 aliphatic carbocycles. The maximum atomic E-state index is 12.9. The van der Waals surface area contributed by atoms with E-state index >= 15 is 0 Å². The lowest BCUT2D eigenvalue weighted by molar-refractivity contribution is -0.136. The normalized spacial score (nSPS) is 11.2. The van der Waals surface area contributed by atoms with Gasteiger partial charge < -0.3 is 15.2 Å². The van der Waals surface area contributed by atoms with E-state index in [1.54, 1.807) is 0 Å². The maximum absolute atomic E-state index is 12.9. The van der Waals surface area contributed by atoms with Gasteiger partial charge in [-0.05, 0) is 18.2 Å². The molecule has 0 saturated carbocycles. The third-order valence-electron chi connectivity index (χ3n) is 2.54. The number of carbonyl (C=O) groups is 1. The first-order chi connectivity index (χ1) is 9.41. The molecule has 0 spiro atoms. The number of hydrogen-bond donors (Lipinski definition) is 2. The Balaban J connectivity index is 2.31. The van der Waals surface area contributed by atoms with Gasteiger partial charge in [-0.1, -0.05) is 5.16 Å². The quantitative estimate of drug-likeness (QED) is 0.909. The number of aromatic nitrogens is 1. The SMILES string of the molecule is CNc1ccc(C(=O)Nc2ccon2)cc1C(F)(F)F. The Morgan fingerprint density at radius 3 is 2.60 bits per heavy atom. The zero-order valence-electron chi connectivity index (χ0n) is 10.3. The highest BCUT2D eigenvalue weighted by atomic mass is 19.4. The molecule has 1 amide bonds. The molecule has 1 heterocycles. The molecule has 2 rings (SSSR count). The summed E-state index contributed by atoms with van der Waals surface area (Å²) in [5.41, 5.74) is -1.14. The summed E-state index contributed by atoms with van der Waals surface area (Å²) >= 11 is 0. The van der Waals surface area contributed by atoms with Crippen molar-refractivity contribution >= 4 is 17.4 Å². The van der Waals surface area contributed by atoms with Crippen molar-refractivity contribution in [2.75, 3.05) is 17.7 Å². The number of amides is 1. The molecule has 8 heteroatoms. The van der Waals surface area contributed by atoms with Gasteiger partial charge in [0.05, 0.1) is 5.56 Å². The average Bonchev–Trinajstić information content (AvgIpc) is 2.89. The summed E-state index contributed by atoms with van der Waals surface area (Å²) < 4.78 is 43.1. The van der Waals surface area contributed by atoms with Gasteiger partial charge in [0.2, 0.25) is 0 Å². The van der Waals surface area contributed by atoms with Crippen LogP contribution < -0.4 is 10.6 Å². The molecule has 20 heavy (non-hydrogen) atoms. The van der Waals surface area contributed by atoms with Crippen LogP contribution in [0.3, 0.4) is 0 Å². The molecule has 0 unspecified atom stereocenters. The van der Waals surface area contributed by atoms with Gasteiger partial charge in [0.25, 0.3) is 5.91 Å². The second kappa shape index (κ2) is 5.24. The zero-order chi connectivity index (χ0) is 14.8. The number of nitrogens with one attached hydrogen (secondary N) is 2. The first kappa shape index (κ1) is 13.9. The van der Waals surface area contributed by atoms with Crippen LogP contribution in [0.15, 0.2) is 35.1 Å². The van der Waals surface area contributed by atoms with Crippen LogP contribution in [0.1, 0.15) is 15.9 Å². The van der Waals surface area contributed by atoms with E-state index in [0.717, 1.165) is 6.07 Å². The number of rotatable bonds is 3. The molecular weight excluding hydrogens is 275 g/mol. The van der Waals surface area contributed by atoms with Gasteiger partial charge in [-0.15, -0.1) is 0 Å². The van der Waals surface area contributed by atoms with Crippen LogP contribution in [-0.4, -0.2) is 18.1 Å². The molecule has 106 valence electrons. The van der Waals surface area contributed by atoms with Crippen LogP contribution in [0.25, 0.3) is 0 Å². The fourth-order valence-electron chi connectivity index (χ4n) is 1.60. The Morgan fingerprint density at radius 1 is 1.30 bits per heavy atom. The predicted molar refractivity (Wildman–Crippen MR) is 65.4 cm³/mol. The highest BCUT2D eigenvalue weighted by molar-refractivity contribution is 6.04. The van der Waals surface area contributed by atoms with Crippen LogP contribution >= 0.6 is 0 Å². The van der Waals surface area contributed by atoms with Crippen LogP contribution in [0.4, 0.5) is 24.7 Å². The van der Waals surface area contributed by atoms with E-state index in [1.807, 2.05) is 0 Å². The fraction of sp³-hybridized carbons (Fsp3) is 0.167. The predicted octanol–water partition coefficient (Wildman–Crippen LogP) is 2.99. The topological polar surface area (TPSA) is 67.2 Å². The van der Waals surface area contributed by atoms with Crippen molar-refractivity contribution in [1.82, 2.24) is 5.16 Å². The number of halogens is 3. The lowest BCUT2D eigenvalue weighted by Crippen LogP contribution is -2.15. The van der Waals surface area contributed by atoms with E-state index in [2.05, 4.69) is 20.3 Å². The van der Waals surface area contributed by atoms with E-state index < -0.39 is 17.6 Å². The average molecular weight is 285 g/mol. The van der Waals surface area contributed by atoms with Crippen molar-refractivity contribution in [2.45, 2.75) is 6.18 Å². The van der Waals surface area contributed by atoms with Crippen molar-refractivity contribution in [2.24, 2.45) is 0 Å². The summed E-state index contributed by atoms with van der Waals surface area (Å²) in [5, 5.41) is 8.20. The first-order valence-corrected chi connectivity index (χ1v) is 5.52. The van der Waals surface area contributed by atoms with E-state index in [0.29, 0.717) is 0 Å². The molecule has 1 aromatic heterocycles. The maximum Gasteiger partial charge on any atom is 0.418 e. The van der Waals surface area contributed by atoms with Gasteiger partial charge in [-0.3, -0.25) is 4.79 Å². The monoisotopic (exact) mass is 285 g/mol. The van der Waals surface area contributed by atoms with Gasteiger partial charge in [-0.25, -0.2) is 0 Å². The lowest BCUT2D eigenvalue weighted by atomic mass is 10.1. The number of alkyl halides is 3. The molecule has 2 N–H and O–H groups in total. The zero-order valence-corrected chi connectivity index (χ0v) is 10.3. The van der Waals surface area contributed by atoms with E-state index in [4.69, 9.17) is 0 Å². The van der Waals surface area contributed by atoms with E-state index in [9.17, 15) is 18.0 Å². The number of carbonyl (C=O) groups excluding carboxylic acids is 1. The van der Waals surface area contributed by atoms with Crippen molar-refractivity contribution in [3.8, 4) is 0 Å². The summed E-state index contributed by atoms with van der Waals surface area (Å²) in [6, 6.07) is 4.64. The minimum Gasteiger partial charge on any atom is -0.388 e. The summed E-state index contributed by atoms with van der Waals surface area (Å²) in [7, 11) is 1.37. The van der Waals surface area contributed by atoms with Gasteiger partial charge in [0.15, 0.2) is 5.82 Å². The first-order valence-electron chi connectivity index (χ1n) is 5.52. The number of benzene rings is 1.